The summed E-state index contributed by atoms with van der Waals surface area (Å²) in [5, 5.41) is 2.22. The minimum atomic E-state index is -0.145. The Morgan fingerprint density at radius 1 is 0.655 bits per heavy atom. The molecule has 1 aromatic heterocycles. The number of carbonyl (C=O) groups is 1. The Labute approximate surface area is 173 Å². The van der Waals surface area contributed by atoms with Crippen molar-refractivity contribution in [3.63, 3.8) is 0 Å². The highest BCUT2D eigenvalue weighted by Crippen LogP contribution is 2.38. The molecular weight excluding hydrogens is 354 g/mol. The van der Waals surface area contributed by atoms with Gasteiger partial charge in [-0.15, -0.1) is 0 Å². The van der Waals surface area contributed by atoms with Crippen LogP contribution in [-0.2, 0) is 10.8 Å². The molecule has 0 saturated carbocycles. The van der Waals surface area contributed by atoms with Crippen LogP contribution in [0.25, 0.3) is 21.8 Å². The van der Waals surface area contributed by atoms with E-state index in [9.17, 15) is 4.79 Å². The van der Waals surface area contributed by atoms with E-state index in [1.807, 2.05) is 53.1 Å². The molecule has 148 valence electrons. The van der Waals surface area contributed by atoms with Gasteiger partial charge in [0.2, 0.25) is 0 Å². The van der Waals surface area contributed by atoms with Crippen LogP contribution in [0.15, 0.2) is 66.7 Å². The predicted molar refractivity (Wildman–Crippen MR) is 123 cm³/mol. The SMILES string of the molecule is CC(C)(C)c1cccc(C(=O)n2c3ccccc3c3ccccc32)c1C(C)(C)C. The maximum Gasteiger partial charge on any atom is 0.263 e. The van der Waals surface area contributed by atoms with Gasteiger partial charge >= 0.3 is 0 Å². The largest absolute Gasteiger partial charge is 0.276 e. The van der Waals surface area contributed by atoms with Crippen LogP contribution >= 0.6 is 0 Å². The molecule has 0 bridgehead atoms. The lowest BCUT2D eigenvalue weighted by Crippen LogP contribution is -2.27. The molecule has 0 unspecified atom stereocenters. The monoisotopic (exact) mass is 383 g/mol. The van der Waals surface area contributed by atoms with E-state index in [4.69, 9.17) is 0 Å². The van der Waals surface area contributed by atoms with Crippen molar-refractivity contribution in [2.75, 3.05) is 0 Å². The Bertz CT molecular complexity index is 1180. The average molecular weight is 384 g/mol. The van der Waals surface area contributed by atoms with Gasteiger partial charge in [0.25, 0.3) is 5.91 Å². The van der Waals surface area contributed by atoms with E-state index in [1.54, 1.807) is 0 Å². The second kappa shape index (κ2) is 6.59. The number of fused-ring (bicyclic) bond motifs is 3. The van der Waals surface area contributed by atoms with E-state index in [1.165, 1.54) is 5.56 Å². The third-order valence-corrected chi connectivity index (χ3v) is 5.64. The van der Waals surface area contributed by atoms with Gasteiger partial charge in [-0.2, -0.15) is 0 Å². The number of para-hydroxylation sites is 2. The summed E-state index contributed by atoms with van der Waals surface area (Å²) in [5.41, 5.74) is 4.89. The normalized spacial score (nSPS) is 12.6. The molecule has 0 aliphatic rings. The van der Waals surface area contributed by atoms with Crippen LogP contribution in [-0.4, -0.2) is 10.5 Å². The minimum Gasteiger partial charge on any atom is -0.276 e. The van der Waals surface area contributed by atoms with Crippen molar-refractivity contribution in [2.45, 2.75) is 52.4 Å². The molecule has 3 aromatic carbocycles. The summed E-state index contributed by atoms with van der Waals surface area (Å²) in [6.45, 7) is 13.2. The van der Waals surface area contributed by atoms with Crippen LogP contribution in [0.3, 0.4) is 0 Å². The first-order chi connectivity index (χ1) is 13.6. The Morgan fingerprint density at radius 3 is 1.66 bits per heavy atom. The molecule has 0 atom stereocenters. The van der Waals surface area contributed by atoms with Crippen LogP contribution in [0, 0.1) is 0 Å². The lowest BCUT2D eigenvalue weighted by atomic mass is 9.73. The van der Waals surface area contributed by atoms with Crippen LogP contribution in [0.2, 0.25) is 0 Å². The molecule has 4 rings (SSSR count). The number of rotatable bonds is 1. The van der Waals surface area contributed by atoms with Crippen molar-refractivity contribution in [1.82, 2.24) is 4.57 Å². The van der Waals surface area contributed by atoms with E-state index in [0.717, 1.165) is 32.9 Å². The topological polar surface area (TPSA) is 22.0 Å². The van der Waals surface area contributed by atoms with Crippen LogP contribution in [0.4, 0.5) is 0 Å². The highest BCUT2D eigenvalue weighted by molar-refractivity contribution is 6.16. The molecule has 1 heterocycles. The molecule has 0 N–H and O–H groups in total. The van der Waals surface area contributed by atoms with Crippen molar-refractivity contribution in [2.24, 2.45) is 0 Å². The highest BCUT2D eigenvalue weighted by atomic mass is 16.2. The van der Waals surface area contributed by atoms with Gasteiger partial charge < -0.3 is 0 Å². The molecule has 4 aromatic rings. The fraction of sp³-hybridized carbons (Fsp3) is 0.296. The molecule has 0 spiro atoms. The zero-order valence-corrected chi connectivity index (χ0v) is 18.2. The third kappa shape index (κ3) is 3.17. The molecular formula is C27H29NO. The summed E-state index contributed by atoms with van der Waals surface area (Å²) in [6, 6.07) is 22.5. The van der Waals surface area contributed by atoms with Crippen molar-refractivity contribution < 1.29 is 4.79 Å². The smallest absolute Gasteiger partial charge is 0.263 e. The van der Waals surface area contributed by atoms with E-state index in [0.29, 0.717) is 0 Å². The van der Waals surface area contributed by atoms with Crippen LogP contribution in [0.1, 0.15) is 63.0 Å². The Kier molecular flexibility index (Phi) is 4.42. The van der Waals surface area contributed by atoms with Gasteiger partial charge in [0, 0.05) is 16.3 Å². The number of hydrogen-bond acceptors (Lipinski definition) is 1. The number of carbonyl (C=O) groups excluding carboxylic acids is 1. The van der Waals surface area contributed by atoms with Crippen LogP contribution in [0.5, 0.6) is 0 Å². The van der Waals surface area contributed by atoms with Gasteiger partial charge in [0.05, 0.1) is 11.0 Å². The molecule has 2 heteroatoms. The highest BCUT2D eigenvalue weighted by Gasteiger charge is 2.30. The average Bonchev–Trinajstić information content (AvgIpc) is 3.00. The Hall–Kier alpha value is -2.87. The molecule has 0 fully saturated rings. The standard InChI is InChI=1S/C27H29NO/c1-26(2,3)21-15-11-14-20(24(21)27(4,5)6)25(29)28-22-16-9-7-12-18(22)19-13-8-10-17-23(19)28/h7-17H,1-6H3. The summed E-state index contributed by atoms with van der Waals surface area (Å²) < 4.78 is 1.89. The van der Waals surface area contributed by atoms with Crippen molar-refractivity contribution in [3.8, 4) is 0 Å². The van der Waals surface area contributed by atoms with Gasteiger partial charge in [0.1, 0.15) is 0 Å². The van der Waals surface area contributed by atoms with Crippen molar-refractivity contribution in [3.05, 3.63) is 83.4 Å². The van der Waals surface area contributed by atoms with Crippen LogP contribution < -0.4 is 0 Å². The lowest BCUT2D eigenvalue weighted by Gasteiger charge is -2.32. The number of nitrogens with zero attached hydrogens (tertiary/aromatic N) is 1. The summed E-state index contributed by atoms with van der Waals surface area (Å²) in [4.78, 5) is 14.0. The fourth-order valence-corrected chi connectivity index (χ4v) is 4.43. The molecule has 0 aliphatic heterocycles. The van der Waals surface area contributed by atoms with Gasteiger partial charge in [-0.25, -0.2) is 0 Å². The maximum atomic E-state index is 14.0. The first-order valence-corrected chi connectivity index (χ1v) is 10.3. The van der Waals surface area contributed by atoms with E-state index >= 15 is 0 Å². The van der Waals surface area contributed by atoms with Gasteiger partial charge in [0.15, 0.2) is 0 Å². The minimum absolute atomic E-state index is 0.0402. The second-order valence-electron chi connectivity index (χ2n) is 9.90. The summed E-state index contributed by atoms with van der Waals surface area (Å²) in [7, 11) is 0. The summed E-state index contributed by atoms with van der Waals surface area (Å²) >= 11 is 0. The van der Waals surface area contributed by atoms with Gasteiger partial charge in [-0.1, -0.05) is 90.1 Å². The molecule has 2 nitrogen and oxygen atoms in total. The molecule has 0 aliphatic carbocycles. The Balaban J connectivity index is 2.07. The van der Waals surface area contributed by atoms with Gasteiger partial charge in [-0.3, -0.25) is 9.36 Å². The van der Waals surface area contributed by atoms with Crippen molar-refractivity contribution >= 4 is 27.7 Å². The first kappa shape index (κ1) is 19.4. The number of benzene rings is 3. The number of hydrogen-bond donors (Lipinski definition) is 0. The molecule has 0 radical (unpaired) electrons. The number of aromatic nitrogens is 1. The predicted octanol–water partition coefficient (Wildman–Crippen LogP) is 7.08. The van der Waals surface area contributed by atoms with E-state index in [-0.39, 0.29) is 16.7 Å². The molecule has 29 heavy (non-hydrogen) atoms. The Morgan fingerprint density at radius 2 is 1.17 bits per heavy atom. The molecule has 0 saturated heterocycles. The fourth-order valence-electron chi connectivity index (χ4n) is 4.43. The molecule has 0 amide bonds. The quantitative estimate of drug-likeness (QED) is 0.344. The summed E-state index contributed by atoms with van der Waals surface area (Å²) in [6.07, 6.45) is 0. The zero-order chi connectivity index (χ0) is 21.0. The van der Waals surface area contributed by atoms with Crippen molar-refractivity contribution in [1.29, 1.82) is 0 Å². The first-order valence-electron chi connectivity index (χ1n) is 10.3. The lowest BCUT2D eigenvalue weighted by molar-refractivity contribution is 0.0967. The second-order valence-corrected chi connectivity index (χ2v) is 9.90. The van der Waals surface area contributed by atoms with E-state index in [2.05, 4.69) is 59.7 Å². The van der Waals surface area contributed by atoms with E-state index < -0.39 is 0 Å². The maximum absolute atomic E-state index is 14.0. The summed E-state index contributed by atoms with van der Waals surface area (Å²) in [5.74, 6) is 0.0402. The zero-order valence-electron chi connectivity index (χ0n) is 18.2. The third-order valence-electron chi connectivity index (χ3n) is 5.64. The van der Waals surface area contributed by atoms with Gasteiger partial charge in [-0.05, 0) is 40.2 Å².